The fourth-order valence-corrected chi connectivity index (χ4v) is 2.83. The first kappa shape index (κ1) is 14.4. The van der Waals surface area contributed by atoms with Crippen molar-refractivity contribution in [3.8, 4) is 5.75 Å². The largest absolute Gasteiger partial charge is 0.489 e. The minimum atomic E-state index is 0.328. The van der Waals surface area contributed by atoms with Gasteiger partial charge in [0, 0.05) is 6.04 Å². The van der Waals surface area contributed by atoms with Gasteiger partial charge in [-0.2, -0.15) is 0 Å². The van der Waals surface area contributed by atoms with Crippen molar-refractivity contribution in [2.45, 2.75) is 64.0 Å². The predicted molar refractivity (Wildman–Crippen MR) is 80.6 cm³/mol. The van der Waals surface area contributed by atoms with Gasteiger partial charge in [0.2, 0.25) is 0 Å². The number of hydrogen-bond donors (Lipinski definition) is 1. The van der Waals surface area contributed by atoms with Gasteiger partial charge in [0.25, 0.3) is 0 Å². The summed E-state index contributed by atoms with van der Waals surface area (Å²) in [4.78, 5) is 0. The van der Waals surface area contributed by atoms with Crippen LogP contribution in [0.15, 0.2) is 30.3 Å². The van der Waals surface area contributed by atoms with E-state index in [1.807, 2.05) is 18.2 Å². The first-order valence-corrected chi connectivity index (χ1v) is 7.85. The molecule has 0 aliphatic heterocycles. The molecule has 1 fully saturated rings. The highest BCUT2D eigenvalue weighted by molar-refractivity contribution is 5.21. The van der Waals surface area contributed by atoms with Crippen LogP contribution < -0.4 is 10.1 Å². The Morgan fingerprint density at radius 2 is 1.79 bits per heavy atom. The molecule has 106 valence electrons. The molecule has 1 saturated carbocycles. The molecule has 0 heterocycles. The second kappa shape index (κ2) is 8.21. The quantitative estimate of drug-likeness (QED) is 0.859. The smallest absolute Gasteiger partial charge is 0.119 e. The lowest BCUT2D eigenvalue weighted by Gasteiger charge is -2.30. The van der Waals surface area contributed by atoms with Gasteiger partial charge in [0.15, 0.2) is 0 Å². The van der Waals surface area contributed by atoms with Crippen LogP contribution in [0, 0.1) is 0 Å². The number of ether oxygens (including phenoxy) is 1. The molecule has 2 heteroatoms. The van der Waals surface area contributed by atoms with E-state index in [2.05, 4.69) is 24.4 Å². The minimum Gasteiger partial charge on any atom is -0.489 e. The Hall–Kier alpha value is -1.02. The van der Waals surface area contributed by atoms with E-state index in [0.717, 1.165) is 12.3 Å². The molecular formula is C17H27NO. The average Bonchev–Trinajstić information content (AvgIpc) is 2.43. The SMILES string of the molecule is CCCNC1CCCCCCC1Oc1ccccc1. The summed E-state index contributed by atoms with van der Waals surface area (Å²) in [5.41, 5.74) is 0. The van der Waals surface area contributed by atoms with E-state index in [1.54, 1.807) is 0 Å². The highest BCUT2D eigenvalue weighted by Gasteiger charge is 2.23. The summed E-state index contributed by atoms with van der Waals surface area (Å²) in [5, 5.41) is 3.68. The van der Waals surface area contributed by atoms with Gasteiger partial charge >= 0.3 is 0 Å². The Morgan fingerprint density at radius 1 is 1.05 bits per heavy atom. The Kier molecular flexibility index (Phi) is 6.22. The van der Waals surface area contributed by atoms with Crippen molar-refractivity contribution in [2.24, 2.45) is 0 Å². The average molecular weight is 261 g/mol. The molecule has 0 spiro atoms. The van der Waals surface area contributed by atoms with Gasteiger partial charge < -0.3 is 10.1 Å². The number of rotatable bonds is 5. The molecule has 0 saturated heterocycles. The molecule has 2 nitrogen and oxygen atoms in total. The first-order valence-electron chi connectivity index (χ1n) is 7.85. The van der Waals surface area contributed by atoms with Crippen molar-refractivity contribution in [3.63, 3.8) is 0 Å². The topological polar surface area (TPSA) is 21.3 Å². The summed E-state index contributed by atoms with van der Waals surface area (Å²) in [5.74, 6) is 1.01. The first-order chi connectivity index (χ1) is 9.40. The third-order valence-electron chi connectivity index (χ3n) is 3.89. The standard InChI is InChI=1S/C17H27NO/c1-2-14-18-16-12-8-3-4-9-13-17(16)19-15-10-6-5-7-11-15/h5-7,10-11,16-18H,2-4,8-9,12-14H2,1H3. The van der Waals surface area contributed by atoms with E-state index >= 15 is 0 Å². The van der Waals surface area contributed by atoms with Crippen LogP contribution in [-0.4, -0.2) is 18.7 Å². The second-order valence-corrected chi connectivity index (χ2v) is 5.52. The highest BCUT2D eigenvalue weighted by atomic mass is 16.5. The van der Waals surface area contributed by atoms with Crippen LogP contribution in [0.25, 0.3) is 0 Å². The summed E-state index contributed by atoms with van der Waals surface area (Å²) in [6, 6.07) is 10.8. The number of para-hydroxylation sites is 1. The van der Waals surface area contributed by atoms with Crippen LogP contribution >= 0.6 is 0 Å². The van der Waals surface area contributed by atoms with Gasteiger partial charge in [-0.1, -0.05) is 44.4 Å². The lowest BCUT2D eigenvalue weighted by Crippen LogP contribution is -2.44. The molecule has 1 aliphatic carbocycles. The maximum Gasteiger partial charge on any atom is 0.119 e. The summed E-state index contributed by atoms with van der Waals surface area (Å²) in [6.07, 6.45) is 9.30. The van der Waals surface area contributed by atoms with Gasteiger partial charge in [0.05, 0.1) is 0 Å². The van der Waals surface area contributed by atoms with E-state index in [1.165, 1.54) is 44.9 Å². The molecule has 19 heavy (non-hydrogen) atoms. The molecular weight excluding hydrogens is 234 g/mol. The van der Waals surface area contributed by atoms with Gasteiger partial charge in [-0.3, -0.25) is 0 Å². The molecule has 1 aliphatic rings. The maximum atomic E-state index is 6.24. The lowest BCUT2D eigenvalue weighted by atomic mass is 9.94. The van der Waals surface area contributed by atoms with Crippen molar-refractivity contribution < 1.29 is 4.74 Å². The maximum absolute atomic E-state index is 6.24. The summed E-state index contributed by atoms with van der Waals surface area (Å²) >= 11 is 0. The van der Waals surface area contributed by atoms with Gasteiger partial charge in [-0.05, 0) is 44.4 Å². The molecule has 0 aromatic heterocycles. The number of benzene rings is 1. The van der Waals surface area contributed by atoms with E-state index in [0.29, 0.717) is 12.1 Å². The normalized spacial score (nSPS) is 24.5. The molecule has 2 rings (SSSR count). The van der Waals surface area contributed by atoms with Crippen molar-refractivity contribution in [1.82, 2.24) is 5.32 Å². The van der Waals surface area contributed by atoms with Crippen LogP contribution in [0.3, 0.4) is 0 Å². The Labute approximate surface area is 117 Å². The zero-order valence-corrected chi connectivity index (χ0v) is 12.1. The van der Waals surface area contributed by atoms with Crippen molar-refractivity contribution in [1.29, 1.82) is 0 Å². The summed E-state index contributed by atoms with van der Waals surface area (Å²) < 4.78 is 6.24. The minimum absolute atomic E-state index is 0.328. The van der Waals surface area contributed by atoms with Crippen LogP contribution in [0.4, 0.5) is 0 Å². The van der Waals surface area contributed by atoms with Gasteiger partial charge in [0.1, 0.15) is 11.9 Å². The zero-order valence-electron chi connectivity index (χ0n) is 12.1. The molecule has 2 atom stereocenters. The van der Waals surface area contributed by atoms with E-state index in [9.17, 15) is 0 Å². The van der Waals surface area contributed by atoms with E-state index in [4.69, 9.17) is 4.74 Å². The van der Waals surface area contributed by atoms with E-state index < -0.39 is 0 Å². The summed E-state index contributed by atoms with van der Waals surface area (Å²) in [7, 11) is 0. The Bertz CT molecular complexity index is 336. The van der Waals surface area contributed by atoms with Crippen LogP contribution in [0.5, 0.6) is 5.75 Å². The Morgan fingerprint density at radius 3 is 2.53 bits per heavy atom. The van der Waals surface area contributed by atoms with Crippen molar-refractivity contribution in [3.05, 3.63) is 30.3 Å². The zero-order chi connectivity index (χ0) is 13.3. The van der Waals surface area contributed by atoms with Crippen molar-refractivity contribution >= 4 is 0 Å². The molecule has 0 radical (unpaired) electrons. The van der Waals surface area contributed by atoms with Crippen LogP contribution in [-0.2, 0) is 0 Å². The molecule has 1 aromatic rings. The van der Waals surface area contributed by atoms with Crippen molar-refractivity contribution in [2.75, 3.05) is 6.54 Å². The third kappa shape index (κ3) is 4.87. The molecule has 1 aromatic carbocycles. The fourth-order valence-electron chi connectivity index (χ4n) is 2.83. The van der Waals surface area contributed by atoms with Gasteiger partial charge in [-0.25, -0.2) is 0 Å². The number of nitrogens with one attached hydrogen (secondary N) is 1. The lowest BCUT2D eigenvalue weighted by molar-refractivity contribution is 0.127. The van der Waals surface area contributed by atoms with Crippen LogP contribution in [0.2, 0.25) is 0 Å². The fraction of sp³-hybridized carbons (Fsp3) is 0.647. The van der Waals surface area contributed by atoms with E-state index in [-0.39, 0.29) is 0 Å². The summed E-state index contributed by atoms with van der Waals surface area (Å²) in [6.45, 7) is 3.32. The number of hydrogen-bond acceptors (Lipinski definition) is 2. The Balaban J connectivity index is 1.98. The van der Waals surface area contributed by atoms with Crippen LogP contribution in [0.1, 0.15) is 51.9 Å². The van der Waals surface area contributed by atoms with Gasteiger partial charge in [-0.15, -0.1) is 0 Å². The third-order valence-corrected chi connectivity index (χ3v) is 3.89. The predicted octanol–water partition coefficient (Wildman–Crippen LogP) is 4.16. The second-order valence-electron chi connectivity index (χ2n) is 5.52. The highest BCUT2D eigenvalue weighted by Crippen LogP contribution is 2.22. The molecule has 0 bridgehead atoms. The molecule has 1 N–H and O–H groups in total. The monoisotopic (exact) mass is 261 g/mol. The molecule has 2 unspecified atom stereocenters. The molecule has 0 amide bonds.